The molecule has 0 unspecified atom stereocenters. The minimum absolute atomic E-state index is 0.304. The van der Waals surface area contributed by atoms with Crippen LogP contribution in [0.3, 0.4) is 0 Å². The summed E-state index contributed by atoms with van der Waals surface area (Å²) in [6.45, 7) is 5.29. The fourth-order valence-electron chi connectivity index (χ4n) is 2.71. The molecule has 0 radical (unpaired) electrons. The second kappa shape index (κ2) is 5.75. The van der Waals surface area contributed by atoms with E-state index in [-0.39, 0.29) is 5.54 Å². The van der Waals surface area contributed by atoms with E-state index in [4.69, 9.17) is 0 Å². The van der Waals surface area contributed by atoms with E-state index < -0.39 is 10.0 Å². The van der Waals surface area contributed by atoms with E-state index in [1.54, 1.807) is 10.4 Å². The fraction of sp³-hybridized carbons (Fsp3) is 0.571. The third-order valence-electron chi connectivity index (χ3n) is 3.77. The number of hydrogen-bond donors (Lipinski definition) is 1. The molecule has 0 aliphatic carbocycles. The first kappa shape index (κ1) is 15.9. The highest BCUT2D eigenvalue weighted by atomic mass is 79.9. The van der Waals surface area contributed by atoms with Gasteiger partial charge in [-0.3, -0.25) is 0 Å². The molecule has 6 heteroatoms. The Morgan fingerprint density at radius 1 is 1.40 bits per heavy atom. The van der Waals surface area contributed by atoms with Gasteiger partial charge in [0.05, 0.1) is 4.90 Å². The van der Waals surface area contributed by atoms with Gasteiger partial charge in [0.2, 0.25) is 10.0 Å². The molecular formula is C14H21BrN2O2S. The average Bonchev–Trinajstić information content (AvgIpc) is 2.70. The second-order valence-electron chi connectivity index (χ2n) is 5.79. The quantitative estimate of drug-likeness (QED) is 0.897. The maximum absolute atomic E-state index is 12.8. The summed E-state index contributed by atoms with van der Waals surface area (Å²) in [6, 6.07) is 5.42. The first-order chi connectivity index (χ1) is 9.29. The van der Waals surface area contributed by atoms with Crippen LogP contribution in [0.1, 0.15) is 32.3 Å². The molecular weight excluding hydrogens is 340 g/mol. The van der Waals surface area contributed by atoms with E-state index in [2.05, 4.69) is 21.2 Å². The van der Waals surface area contributed by atoms with Gasteiger partial charge in [-0.05, 0) is 67.4 Å². The Morgan fingerprint density at radius 3 is 2.60 bits per heavy atom. The summed E-state index contributed by atoms with van der Waals surface area (Å²) in [4.78, 5) is 0.354. The molecule has 0 spiro atoms. The van der Waals surface area contributed by atoms with E-state index >= 15 is 0 Å². The minimum atomic E-state index is -3.44. The number of hydrogen-bond acceptors (Lipinski definition) is 3. The molecule has 1 aliphatic heterocycles. The number of sulfonamides is 1. The number of nitrogens with one attached hydrogen (secondary N) is 1. The molecule has 1 aliphatic rings. The number of benzene rings is 1. The van der Waals surface area contributed by atoms with E-state index in [0.717, 1.165) is 18.4 Å². The van der Waals surface area contributed by atoms with E-state index in [9.17, 15) is 8.42 Å². The molecule has 1 saturated heterocycles. The molecule has 0 saturated carbocycles. The van der Waals surface area contributed by atoms with E-state index in [0.29, 0.717) is 22.5 Å². The predicted molar refractivity (Wildman–Crippen MR) is 84.1 cm³/mol. The van der Waals surface area contributed by atoms with Crippen LogP contribution in [-0.2, 0) is 16.6 Å². The van der Waals surface area contributed by atoms with Gasteiger partial charge in [0.15, 0.2) is 0 Å². The molecule has 1 aromatic rings. The highest BCUT2D eigenvalue weighted by Crippen LogP contribution is 2.36. The number of halogens is 1. The molecule has 1 heterocycles. The molecule has 0 atom stereocenters. The van der Waals surface area contributed by atoms with E-state index in [1.807, 2.05) is 33.0 Å². The third-order valence-corrected chi connectivity index (χ3v) is 6.86. The van der Waals surface area contributed by atoms with Crippen LogP contribution in [0.25, 0.3) is 0 Å². The molecule has 2 rings (SSSR count). The summed E-state index contributed by atoms with van der Waals surface area (Å²) in [5.74, 6) is 0. The Balaban J connectivity index is 2.40. The molecule has 20 heavy (non-hydrogen) atoms. The van der Waals surface area contributed by atoms with Gasteiger partial charge in [0.1, 0.15) is 0 Å². The Kier molecular flexibility index (Phi) is 4.59. The molecule has 0 bridgehead atoms. The summed E-state index contributed by atoms with van der Waals surface area (Å²) >= 11 is 3.40. The summed E-state index contributed by atoms with van der Waals surface area (Å²) in [5.41, 5.74) is 0.751. The normalized spacial score (nSPS) is 19.4. The van der Waals surface area contributed by atoms with Crippen molar-refractivity contribution in [2.24, 2.45) is 0 Å². The smallest absolute Gasteiger partial charge is 0.244 e. The predicted octanol–water partition coefficient (Wildman–Crippen LogP) is 2.73. The minimum Gasteiger partial charge on any atom is -0.316 e. The maximum Gasteiger partial charge on any atom is 0.244 e. The van der Waals surface area contributed by atoms with Crippen LogP contribution < -0.4 is 5.32 Å². The monoisotopic (exact) mass is 360 g/mol. The van der Waals surface area contributed by atoms with Crippen molar-refractivity contribution in [3.05, 3.63) is 28.2 Å². The molecule has 1 N–H and O–H groups in total. The van der Waals surface area contributed by atoms with Gasteiger partial charge >= 0.3 is 0 Å². The molecule has 112 valence electrons. The lowest BCUT2D eigenvalue weighted by Gasteiger charge is -2.30. The summed E-state index contributed by atoms with van der Waals surface area (Å²) in [7, 11) is -1.58. The summed E-state index contributed by atoms with van der Waals surface area (Å²) in [5, 5.41) is 3.06. The van der Waals surface area contributed by atoms with Crippen LogP contribution in [0.4, 0.5) is 0 Å². The van der Waals surface area contributed by atoms with Crippen LogP contribution in [0.2, 0.25) is 0 Å². The van der Waals surface area contributed by atoms with Crippen LogP contribution in [0, 0.1) is 0 Å². The van der Waals surface area contributed by atoms with Crippen LogP contribution in [-0.4, -0.2) is 31.9 Å². The molecule has 0 amide bonds. The van der Waals surface area contributed by atoms with Crippen LogP contribution in [0.5, 0.6) is 0 Å². The zero-order valence-electron chi connectivity index (χ0n) is 12.1. The van der Waals surface area contributed by atoms with Gasteiger partial charge in [-0.2, -0.15) is 4.31 Å². The largest absolute Gasteiger partial charge is 0.316 e. The lowest BCUT2D eigenvalue weighted by molar-refractivity contribution is 0.291. The average molecular weight is 361 g/mol. The van der Waals surface area contributed by atoms with Gasteiger partial charge in [0.25, 0.3) is 0 Å². The lowest BCUT2D eigenvalue weighted by atomic mass is 10.0. The fourth-order valence-corrected chi connectivity index (χ4v) is 5.65. The Hall–Kier alpha value is -0.430. The van der Waals surface area contributed by atoms with Gasteiger partial charge in [-0.15, -0.1) is 0 Å². The summed E-state index contributed by atoms with van der Waals surface area (Å²) in [6.07, 6.45) is 1.82. The van der Waals surface area contributed by atoms with Crippen molar-refractivity contribution in [3.63, 3.8) is 0 Å². The van der Waals surface area contributed by atoms with Crippen molar-refractivity contribution in [1.82, 2.24) is 9.62 Å². The zero-order valence-corrected chi connectivity index (χ0v) is 14.5. The highest BCUT2D eigenvalue weighted by molar-refractivity contribution is 9.10. The zero-order chi connectivity index (χ0) is 15.0. The maximum atomic E-state index is 12.8. The molecule has 0 aromatic heterocycles. The summed E-state index contributed by atoms with van der Waals surface area (Å²) < 4.78 is 27.9. The molecule has 4 nitrogen and oxygen atoms in total. The number of rotatable bonds is 4. The van der Waals surface area contributed by atoms with Crippen molar-refractivity contribution in [2.75, 3.05) is 13.6 Å². The van der Waals surface area contributed by atoms with Crippen LogP contribution in [0.15, 0.2) is 27.6 Å². The SMILES string of the molecule is CNCc1ccc(S(=O)(=O)N2CCCC2(C)C)c(Br)c1. The lowest BCUT2D eigenvalue weighted by Crippen LogP contribution is -2.42. The molecule has 1 aromatic carbocycles. The van der Waals surface area contributed by atoms with Crippen molar-refractivity contribution < 1.29 is 8.42 Å². The van der Waals surface area contributed by atoms with Gasteiger partial charge < -0.3 is 5.32 Å². The van der Waals surface area contributed by atoms with Crippen molar-refractivity contribution in [3.8, 4) is 0 Å². The van der Waals surface area contributed by atoms with Crippen molar-refractivity contribution >= 4 is 26.0 Å². The Labute approximate surface area is 129 Å². The van der Waals surface area contributed by atoms with E-state index in [1.165, 1.54) is 0 Å². The van der Waals surface area contributed by atoms with Gasteiger partial charge in [-0.25, -0.2) is 8.42 Å². The van der Waals surface area contributed by atoms with Gasteiger partial charge in [0, 0.05) is 23.1 Å². The molecule has 1 fully saturated rings. The third kappa shape index (κ3) is 2.93. The van der Waals surface area contributed by atoms with Crippen LogP contribution >= 0.6 is 15.9 Å². The highest BCUT2D eigenvalue weighted by Gasteiger charge is 2.41. The van der Waals surface area contributed by atoms with Crippen molar-refractivity contribution in [2.45, 2.75) is 43.7 Å². The Morgan fingerprint density at radius 2 is 2.10 bits per heavy atom. The standard InChI is InChI=1S/C14H21BrN2O2S/c1-14(2)7-4-8-17(14)20(18,19)13-6-5-11(10-16-3)9-12(13)15/h5-6,9,16H,4,7-8,10H2,1-3H3. The first-order valence-electron chi connectivity index (χ1n) is 6.75. The topological polar surface area (TPSA) is 49.4 Å². The van der Waals surface area contributed by atoms with Crippen molar-refractivity contribution in [1.29, 1.82) is 0 Å². The first-order valence-corrected chi connectivity index (χ1v) is 8.98. The number of nitrogens with zero attached hydrogens (tertiary/aromatic N) is 1. The Bertz CT molecular complexity index is 599. The second-order valence-corrected chi connectivity index (χ2v) is 8.47. The van der Waals surface area contributed by atoms with Gasteiger partial charge in [-0.1, -0.05) is 6.07 Å².